The monoisotopic (exact) mass is 402 g/mol. The Hall–Kier alpha value is -1.99. The maximum atomic E-state index is 13.4. The Kier molecular flexibility index (Phi) is 5.92. The van der Waals surface area contributed by atoms with E-state index in [4.69, 9.17) is 11.6 Å². The summed E-state index contributed by atoms with van der Waals surface area (Å²) in [5.74, 6) is -0.773. The number of halogens is 2. The standard InChI is InChI=1S/C21H24ClFN4O/c22-18-7-6-15(23)12-17(18)21(28)24-16-8-10-27(11-9-16)20-13-19(25-26-20)14-4-2-1-3-5-14/h1-7,12,16,19-20,25-26H,8-11,13H2,(H,24,28). The molecule has 0 aromatic heterocycles. The Balaban J connectivity index is 1.28. The number of rotatable bonds is 4. The van der Waals surface area contributed by atoms with Crippen molar-refractivity contribution in [2.45, 2.75) is 37.5 Å². The minimum Gasteiger partial charge on any atom is -0.349 e. The van der Waals surface area contributed by atoms with E-state index in [1.54, 1.807) is 0 Å². The van der Waals surface area contributed by atoms with Crippen molar-refractivity contribution < 1.29 is 9.18 Å². The first kappa shape index (κ1) is 19.3. The van der Waals surface area contributed by atoms with Crippen LogP contribution in [0.3, 0.4) is 0 Å². The van der Waals surface area contributed by atoms with Gasteiger partial charge in [0.1, 0.15) is 5.82 Å². The number of hydrazine groups is 1. The first-order chi connectivity index (χ1) is 13.6. The van der Waals surface area contributed by atoms with Crippen LogP contribution in [0.5, 0.6) is 0 Å². The van der Waals surface area contributed by atoms with Crippen molar-refractivity contribution in [3.63, 3.8) is 0 Å². The van der Waals surface area contributed by atoms with E-state index < -0.39 is 5.82 Å². The zero-order chi connectivity index (χ0) is 19.5. The normalized spacial score (nSPS) is 23.6. The molecule has 2 unspecified atom stereocenters. The van der Waals surface area contributed by atoms with Gasteiger partial charge in [0.05, 0.1) is 16.8 Å². The number of carbonyl (C=O) groups is 1. The number of carbonyl (C=O) groups excluding carboxylic acids is 1. The summed E-state index contributed by atoms with van der Waals surface area (Å²) in [6, 6.07) is 14.7. The first-order valence-electron chi connectivity index (χ1n) is 9.66. The van der Waals surface area contributed by atoms with Gasteiger partial charge in [-0.25, -0.2) is 15.2 Å². The van der Waals surface area contributed by atoms with Gasteiger partial charge in [-0.15, -0.1) is 0 Å². The second-order valence-electron chi connectivity index (χ2n) is 7.41. The highest BCUT2D eigenvalue weighted by Gasteiger charge is 2.32. The fourth-order valence-electron chi connectivity index (χ4n) is 3.97. The van der Waals surface area contributed by atoms with E-state index in [0.29, 0.717) is 6.04 Å². The molecule has 2 fully saturated rings. The van der Waals surface area contributed by atoms with Crippen molar-refractivity contribution >= 4 is 17.5 Å². The SMILES string of the molecule is O=C(NC1CCN(C2CC(c3ccccc3)NN2)CC1)c1cc(F)ccc1Cl. The Morgan fingerprint density at radius 2 is 1.86 bits per heavy atom. The highest BCUT2D eigenvalue weighted by Crippen LogP contribution is 2.25. The molecule has 4 rings (SSSR count). The van der Waals surface area contributed by atoms with Gasteiger partial charge in [-0.05, 0) is 43.0 Å². The molecule has 28 heavy (non-hydrogen) atoms. The first-order valence-corrected chi connectivity index (χ1v) is 10.0. The van der Waals surface area contributed by atoms with E-state index in [-0.39, 0.29) is 28.7 Å². The lowest BCUT2D eigenvalue weighted by molar-refractivity contribution is 0.0879. The molecule has 7 heteroatoms. The van der Waals surface area contributed by atoms with Gasteiger partial charge in [0, 0.05) is 25.2 Å². The summed E-state index contributed by atoms with van der Waals surface area (Å²) in [6.45, 7) is 1.78. The van der Waals surface area contributed by atoms with Gasteiger partial charge < -0.3 is 5.32 Å². The van der Waals surface area contributed by atoms with Gasteiger partial charge in [-0.3, -0.25) is 9.69 Å². The number of amides is 1. The fraction of sp³-hybridized carbons (Fsp3) is 0.381. The second-order valence-corrected chi connectivity index (χ2v) is 7.82. The maximum Gasteiger partial charge on any atom is 0.253 e. The number of hydrogen-bond donors (Lipinski definition) is 3. The van der Waals surface area contributed by atoms with Crippen molar-refractivity contribution in [2.24, 2.45) is 0 Å². The Morgan fingerprint density at radius 1 is 1.11 bits per heavy atom. The lowest BCUT2D eigenvalue weighted by Gasteiger charge is -2.35. The maximum absolute atomic E-state index is 13.4. The van der Waals surface area contributed by atoms with E-state index >= 15 is 0 Å². The number of benzene rings is 2. The molecule has 2 aromatic rings. The molecule has 148 valence electrons. The molecule has 5 nitrogen and oxygen atoms in total. The number of nitrogens with one attached hydrogen (secondary N) is 3. The number of nitrogens with zero attached hydrogens (tertiary/aromatic N) is 1. The predicted octanol–water partition coefficient (Wildman–Crippen LogP) is 3.24. The highest BCUT2D eigenvalue weighted by atomic mass is 35.5. The fourth-order valence-corrected chi connectivity index (χ4v) is 4.18. The minimum absolute atomic E-state index is 0.0716. The average Bonchev–Trinajstić information content (AvgIpc) is 3.21. The molecule has 0 radical (unpaired) electrons. The summed E-state index contributed by atoms with van der Waals surface area (Å²) in [5.41, 5.74) is 8.26. The predicted molar refractivity (Wildman–Crippen MR) is 107 cm³/mol. The third kappa shape index (κ3) is 4.36. The second kappa shape index (κ2) is 8.57. The molecule has 0 aliphatic carbocycles. The molecule has 2 saturated heterocycles. The van der Waals surface area contributed by atoms with Crippen molar-refractivity contribution in [3.05, 3.63) is 70.5 Å². The minimum atomic E-state index is -0.461. The zero-order valence-corrected chi connectivity index (χ0v) is 16.3. The van der Waals surface area contributed by atoms with E-state index in [9.17, 15) is 9.18 Å². The van der Waals surface area contributed by atoms with Crippen LogP contribution < -0.4 is 16.2 Å². The summed E-state index contributed by atoms with van der Waals surface area (Å²) < 4.78 is 13.4. The molecule has 0 bridgehead atoms. The summed E-state index contributed by atoms with van der Waals surface area (Å²) >= 11 is 6.03. The van der Waals surface area contributed by atoms with E-state index in [1.165, 1.54) is 23.8 Å². The van der Waals surface area contributed by atoms with Crippen LogP contribution in [0, 0.1) is 5.82 Å². The van der Waals surface area contributed by atoms with Crippen molar-refractivity contribution in [2.75, 3.05) is 13.1 Å². The average molecular weight is 403 g/mol. The number of likely N-dealkylation sites (tertiary alicyclic amines) is 1. The van der Waals surface area contributed by atoms with Gasteiger partial charge in [-0.2, -0.15) is 0 Å². The van der Waals surface area contributed by atoms with Crippen LogP contribution in [0.1, 0.15) is 41.2 Å². The van der Waals surface area contributed by atoms with Gasteiger partial charge in [0.2, 0.25) is 0 Å². The highest BCUT2D eigenvalue weighted by molar-refractivity contribution is 6.33. The lowest BCUT2D eigenvalue weighted by atomic mass is 10.0. The topological polar surface area (TPSA) is 56.4 Å². The summed E-state index contributed by atoms with van der Waals surface area (Å²) in [4.78, 5) is 14.8. The van der Waals surface area contributed by atoms with Crippen molar-refractivity contribution in [1.29, 1.82) is 0 Å². The molecular formula is C21H24ClFN4O. The summed E-state index contributed by atoms with van der Waals surface area (Å²) in [6.07, 6.45) is 2.99. The Bertz CT molecular complexity index is 826. The van der Waals surface area contributed by atoms with E-state index in [2.05, 4.69) is 45.3 Å². The summed E-state index contributed by atoms with van der Waals surface area (Å²) in [5, 5.41) is 3.26. The molecule has 2 aliphatic heterocycles. The molecule has 1 amide bonds. The zero-order valence-electron chi connectivity index (χ0n) is 15.5. The molecule has 2 heterocycles. The third-order valence-corrected chi connectivity index (χ3v) is 5.89. The molecule has 0 spiro atoms. The molecule has 0 saturated carbocycles. The Labute approximate surface area is 169 Å². The van der Waals surface area contributed by atoms with Gasteiger partial charge in [0.15, 0.2) is 0 Å². The van der Waals surface area contributed by atoms with Gasteiger partial charge >= 0.3 is 0 Å². The third-order valence-electron chi connectivity index (χ3n) is 5.56. The summed E-state index contributed by atoms with van der Waals surface area (Å²) in [7, 11) is 0. The van der Waals surface area contributed by atoms with Crippen LogP contribution in [0.25, 0.3) is 0 Å². The van der Waals surface area contributed by atoms with Crippen molar-refractivity contribution in [3.8, 4) is 0 Å². The molecule has 2 aliphatic rings. The van der Waals surface area contributed by atoms with Crippen LogP contribution in [0.15, 0.2) is 48.5 Å². The van der Waals surface area contributed by atoms with Crippen LogP contribution in [-0.2, 0) is 0 Å². The van der Waals surface area contributed by atoms with Crippen LogP contribution in [0.2, 0.25) is 5.02 Å². The molecule has 2 atom stereocenters. The molecule has 2 aromatic carbocycles. The van der Waals surface area contributed by atoms with E-state index in [0.717, 1.165) is 32.4 Å². The lowest BCUT2D eigenvalue weighted by Crippen LogP contribution is -2.51. The smallest absolute Gasteiger partial charge is 0.253 e. The van der Waals surface area contributed by atoms with Crippen LogP contribution in [0.4, 0.5) is 4.39 Å². The number of hydrogen-bond acceptors (Lipinski definition) is 4. The van der Waals surface area contributed by atoms with Gasteiger partial charge in [0.25, 0.3) is 5.91 Å². The van der Waals surface area contributed by atoms with Crippen molar-refractivity contribution in [1.82, 2.24) is 21.1 Å². The van der Waals surface area contributed by atoms with Crippen LogP contribution >= 0.6 is 11.6 Å². The molecular weight excluding hydrogens is 379 g/mol. The Morgan fingerprint density at radius 3 is 2.61 bits per heavy atom. The van der Waals surface area contributed by atoms with Crippen LogP contribution in [-0.4, -0.2) is 36.1 Å². The number of piperidine rings is 1. The quantitative estimate of drug-likeness (QED) is 0.735. The van der Waals surface area contributed by atoms with Gasteiger partial charge in [-0.1, -0.05) is 41.9 Å². The largest absolute Gasteiger partial charge is 0.349 e. The van der Waals surface area contributed by atoms with E-state index in [1.807, 2.05) is 6.07 Å². The molecule has 3 N–H and O–H groups in total.